The van der Waals surface area contributed by atoms with Gasteiger partial charge in [0.2, 0.25) is 5.78 Å². The smallest absolute Gasteiger partial charge is 0.319 e. The van der Waals surface area contributed by atoms with Crippen LogP contribution in [0.5, 0.6) is 0 Å². The van der Waals surface area contributed by atoms with Gasteiger partial charge in [-0.05, 0) is 0 Å². The van der Waals surface area contributed by atoms with Crippen molar-refractivity contribution in [2.45, 2.75) is 6.92 Å². The maximum absolute atomic E-state index is 10.2. The van der Waals surface area contributed by atoms with E-state index in [4.69, 9.17) is 0 Å². The van der Waals surface area contributed by atoms with E-state index in [0.717, 1.165) is 6.92 Å². The molecule has 0 heterocycles. The lowest BCUT2D eigenvalue weighted by molar-refractivity contribution is -0.135. The SMILES string of the molecule is CC(=O)C(=O)NC(N)=O. The number of amides is 3. The summed E-state index contributed by atoms with van der Waals surface area (Å²) >= 11 is 0. The van der Waals surface area contributed by atoms with E-state index in [2.05, 4.69) is 5.73 Å². The minimum Gasteiger partial charge on any atom is -0.351 e. The van der Waals surface area contributed by atoms with Crippen LogP contribution in [0.25, 0.3) is 0 Å². The van der Waals surface area contributed by atoms with Crippen LogP contribution < -0.4 is 11.1 Å². The van der Waals surface area contributed by atoms with Crippen molar-refractivity contribution in [2.75, 3.05) is 0 Å². The third-order valence-corrected chi connectivity index (χ3v) is 0.556. The van der Waals surface area contributed by atoms with E-state index < -0.39 is 17.7 Å². The number of nitrogens with one attached hydrogen (secondary N) is 1. The van der Waals surface area contributed by atoms with E-state index in [1.54, 1.807) is 5.32 Å². The number of hydrogen-bond donors (Lipinski definition) is 2. The zero-order valence-corrected chi connectivity index (χ0v) is 4.80. The number of carbonyl (C=O) groups is 3. The van der Waals surface area contributed by atoms with Gasteiger partial charge in [0.1, 0.15) is 0 Å². The number of nitrogens with two attached hydrogens (primary N) is 1. The highest BCUT2D eigenvalue weighted by Crippen LogP contribution is 1.67. The highest BCUT2D eigenvalue weighted by molar-refractivity contribution is 6.37. The highest BCUT2D eigenvalue weighted by atomic mass is 16.2. The van der Waals surface area contributed by atoms with Crippen LogP contribution in [0.1, 0.15) is 6.92 Å². The van der Waals surface area contributed by atoms with Crippen molar-refractivity contribution in [3.8, 4) is 0 Å². The maximum Gasteiger partial charge on any atom is 0.319 e. The van der Waals surface area contributed by atoms with Crippen LogP contribution in [0.15, 0.2) is 0 Å². The molecular weight excluding hydrogens is 124 g/mol. The minimum atomic E-state index is -1.02. The van der Waals surface area contributed by atoms with Gasteiger partial charge in [-0.3, -0.25) is 14.9 Å². The van der Waals surface area contributed by atoms with Crippen LogP contribution in [0.2, 0.25) is 0 Å². The van der Waals surface area contributed by atoms with E-state index in [1.165, 1.54) is 0 Å². The van der Waals surface area contributed by atoms with Gasteiger partial charge in [0.15, 0.2) is 0 Å². The topological polar surface area (TPSA) is 89.3 Å². The Balaban J connectivity index is 3.79. The second kappa shape index (κ2) is 2.81. The first-order chi connectivity index (χ1) is 4.04. The fraction of sp³-hybridized carbons (Fsp3) is 0.250. The quantitative estimate of drug-likeness (QED) is 0.435. The minimum absolute atomic E-state index is 0.742. The van der Waals surface area contributed by atoms with Crippen LogP contribution in [-0.2, 0) is 9.59 Å². The van der Waals surface area contributed by atoms with Crippen LogP contribution >= 0.6 is 0 Å². The lowest BCUT2D eigenvalue weighted by Crippen LogP contribution is -2.38. The lowest BCUT2D eigenvalue weighted by atomic mass is 10.4. The summed E-state index contributed by atoms with van der Waals surface area (Å²) in [5.41, 5.74) is 4.51. The Morgan fingerprint density at radius 3 is 1.89 bits per heavy atom. The molecule has 0 aromatic heterocycles. The summed E-state index contributed by atoms with van der Waals surface area (Å²) in [5, 5.41) is 1.59. The molecule has 5 heteroatoms. The molecule has 0 fully saturated rings. The number of carbonyl (C=O) groups excluding carboxylic acids is 3. The van der Waals surface area contributed by atoms with Crippen molar-refractivity contribution in [1.29, 1.82) is 0 Å². The largest absolute Gasteiger partial charge is 0.351 e. The molecule has 0 aromatic rings. The van der Waals surface area contributed by atoms with Gasteiger partial charge in [0.05, 0.1) is 0 Å². The number of rotatable bonds is 1. The van der Waals surface area contributed by atoms with Crippen molar-refractivity contribution >= 4 is 17.7 Å². The molecule has 3 N–H and O–H groups in total. The second-order valence-corrected chi connectivity index (χ2v) is 1.37. The standard InChI is InChI=1S/C4H6N2O3/c1-2(7)3(8)6-4(5)9/h1H3,(H3,5,6,8,9). The van der Waals surface area contributed by atoms with Crippen LogP contribution in [0.3, 0.4) is 0 Å². The van der Waals surface area contributed by atoms with E-state index in [9.17, 15) is 14.4 Å². The molecule has 0 aliphatic heterocycles. The Morgan fingerprint density at radius 2 is 1.78 bits per heavy atom. The molecule has 0 aliphatic rings. The first-order valence-electron chi connectivity index (χ1n) is 2.15. The van der Waals surface area contributed by atoms with E-state index in [-0.39, 0.29) is 0 Å². The Hall–Kier alpha value is -1.39. The van der Waals surface area contributed by atoms with Crippen molar-refractivity contribution in [2.24, 2.45) is 5.73 Å². The molecule has 0 unspecified atom stereocenters. The molecule has 9 heavy (non-hydrogen) atoms. The fourth-order valence-electron chi connectivity index (χ4n) is 0.200. The number of primary amides is 1. The Labute approximate surface area is 51.2 Å². The molecule has 0 aliphatic carbocycles. The average Bonchev–Trinajstić information content (AvgIpc) is 1.63. The molecule has 0 aromatic carbocycles. The predicted octanol–water partition coefficient (Wildman–Crippen LogP) is -1.23. The first-order valence-corrected chi connectivity index (χ1v) is 2.15. The van der Waals surface area contributed by atoms with Gasteiger partial charge in [-0.15, -0.1) is 0 Å². The van der Waals surface area contributed by atoms with Crippen molar-refractivity contribution < 1.29 is 14.4 Å². The molecule has 0 atom stereocenters. The van der Waals surface area contributed by atoms with Gasteiger partial charge in [-0.1, -0.05) is 0 Å². The van der Waals surface area contributed by atoms with Crippen molar-refractivity contribution in [1.82, 2.24) is 5.32 Å². The summed E-state index contributed by atoms with van der Waals surface area (Å²) < 4.78 is 0. The monoisotopic (exact) mass is 130 g/mol. The van der Waals surface area contributed by atoms with Crippen molar-refractivity contribution in [3.05, 3.63) is 0 Å². The van der Waals surface area contributed by atoms with E-state index in [0.29, 0.717) is 0 Å². The number of hydrogen-bond acceptors (Lipinski definition) is 3. The molecule has 0 saturated carbocycles. The summed E-state index contributed by atoms with van der Waals surface area (Å²) in [7, 11) is 0. The second-order valence-electron chi connectivity index (χ2n) is 1.37. The summed E-state index contributed by atoms with van der Waals surface area (Å²) in [6, 6.07) is -1.02. The van der Waals surface area contributed by atoms with Gasteiger partial charge in [0, 0.05) is 6.92 Å². The third-order valence-electron chi connectivity index (χ3n) is 0.556. The molecule has 0 radical (unpaired) electrons. The van der Waals surface area contributed by atoms with Crippen LogP contribution in [0.4, 0.5) is 4.79 Å². The number of urea groups is 1. The Kier molecular flexibility index (Phi) is 2.37. The zero-order valence-electron chi connectivity index (χ0n) is 4.80. The van der Waals surface area contributed by atoms with E-state index >= 15 is 0 Å². The molecule has 5 nitrogen and oxygen atoms in total. The van der Waals surface area contributed by atoms with Gasteiger partial charge < -0.3 is 5.73 Å². The van der Waals surface area contributed by atoms with Crippen molar-refractivity contribution in [3.63, 3.8) is 0 Å². The Morgan fingerprint density at radius 1 is 1.33 bits per heavy atom. The summed E-state index contributed by atoms with van der Waals surface area (Å²) in [4.78, 5) is 30.1. The van der Waals surface area contributed by atoms with Crippen LogP contribution in [0, 0.1) is 0 Å². The van der Waals surface area contributed by atoms with Gasteiger partial charge in [-0.25, -0.2) is 4.79 Å². The normalized spacial score (nSPS) is 8.11. The van der Waals surface area contributed by atoms with Gasteiger partial charge >= 0.3 is 6.03 Å². The predicted molar refractivity (Wildman–Crippen MR) is 28.4 cm³/mol. The molecule has 3 amide bonds. The number of Topliss-reactive ketones (excluding diaryl/α,β-unsaturated/α-hetero) is 1. The number of ketones is 1. The number of imide groups is 1. The summed E-state index contributed by atoms with van der Waals surface area (Å²) in [5.74, 6) is -1.73. The summed E-state index contributed by atoms with van der Waals surface area (Å²) in [6.45, 7) is 1.04. The lowest BCUT2D eigenvalue weighted by Gasteiger charge is -1.92. The first kappa shape index (κ1) is 7.61. The molecule has 0 spiro atoms. The Bertz CT molecular complexity index is 163. The third kappa shape index (κ3) is 3.22. The van der Waals surface area contributed by atoms with Crippen LogP contribution in [-0.4, -0.2) is 17.7 Å². The molecular formula is C4H6N2O3. The van der Waals surface area contributed by atoms with Gasteiger partial charge in [-0.2, -0.15) is 0 Å². The zero-order chi connectivity index (χ0) is 7.44. The van der Waals surface area contributed by atoms with E-state index in [1.807, 2.05) is 0 Å². The maximum atomic E-state index is 10.2. The molecule has 0 saturated heterocycles. The van der Waals surface area contributed by atoms with Gasteiger partial charge in [0.25, 0.3) is 5.91 Å². The molecule has 50 valence electrons. The fourth-order valence-corrected chi connectivity index (χ4v) is 0.200. The molecule has 0 bridgehead atoms. The highest BCUT2D eigenvalue weighted by Gasteiger charge is 2.07. The molecule has 0 rings (SSSR count). The average molecular weight is 130 g/mol. The summed E-state index contributed by atoms with van der Waals surface area (Å²) in [6.07, 6.45) is 0.